The zero-order valence-electron chi connectivity index (χ0n) is 17.6. The van der Waals surface area contributed by atoms with E-state index in [1.807, 2.05) is 24.3 Å². The smallest absolute Gasteiger partial charge is 0.156 e. The van der Waals surface area contributed by atoms with Gasteiger partial charge in [-0.25, -0.2) is 15.0 Å². The average molecular weight is 434 g/mol. The maximum atomic E-state index is 6.62. The normalized spacial score (nSPS) is 16.0. The molecule has 8 heteroatoms. The molecule has 4 heterocycles. The summed E-state index contributed by atoms with van der Waals surface area (Å²) in [6.45, 7) is 5.95. The highest BCUT2D eigenvalue weighted by molar-refractivity contribution is 6.36. The molecule has 1 aliphatic heterocycles. The minimum atomic E-state index is -0.0744. The molecule has 3 aromatic heterocycles. The number of pyridine rings is 2. The largest absolute Gasteiger partial charge is 0.360 e. The van der Waals surface area contributed by atoms with Gasteiger partial charge in [0.25, 0.3) is 0 Å². The highest BCUT2D eigenvalue weighted by Crippen LogP contribution is 2.34. The predicted octanol–water partition coefficient (Wildman–Crippen LogP) is 4.15. The molecule has 0 aliphatic carbocycles. The number of halogens is 1. The molecule has 0 bridgehead atoms. The molecule has 0 radical (unpaired) electrons. The Morgan fingerprint density at radius 2 is 1.87 bits per heavy atom. The van der Waals surface area contributed by atoms with Gasteiger partial charge in [-0.15, -0.1) is 0 Å². The summed E-state index contributed by atoms with van der Waals surface area (Å²) in [6.07, 6.45) is 3.31. The van der Waals surface area contributed by atoms with Crippen molar-refractivity contribution < 1.29 is 0 Å². The number of hydrogen-bond donors (Lipinski definition) is 1. The molecule has 5 rings (SSSR count). The molecule has 0 saturated carbocycles. The van der Waals surface area contributed by atoms with Crippen molar-refractivity contribution in [1.29, 1.82) is 0 Å². The number of anilines is 2. The fourth-order valence-corrected chi connectivity index (χ4v) is 4.28. The van der Waals surface area contributed by atoms with Crippen molar-refractivity contribution in [1.82, 2.24) is 24.8 Å². The third-order valence-corrected chi connectivity index (χ3v) is 6.12. The van der Waals surface area contributed by atoms with Crippen LogP contribution in [0.4, 0.5) is 11.6 Å². The van der Waals surface area contributed by atoms with Gasteiger partial charge in [-0.05, 0) is 43.6 Å². The van der Waals surface area contributed by atoms with Gasteiger partial charge in [0.05, 0.1) is 22.3 Å². The molecule has 1 aliphatic rings. The lowest BCUT2D eigenvalue weighted by atomic mass is 10.1. The molecule has 0 amide bonds. The number of likely N-dealkylation sites (N-methyl/N-ethyl adjacent to an activating group) is 1. The van der Waals surface area contributed by atoms with Gasteiger partial charge in [-0.1, -0.05) is 23.7 Å². The van der Waals surface area contributed by atoms with E-state index in [1.54, 1.807) is 12.5 Å². The van der Waals surface area contributed by atoms with Gasteiger partial charge in [0.15, 0.2) is 5.82 Å². The number of fused-ring (bicyclic) bond motifs is 2. The van der Waals surface area contributed by atoms with Crippen LogP contribution in [0.1, 0.15) is 18.7 Å². The van der Waals surface area contributed by atoms with Crippen LogP contribution < -0.4 is 10.2 Å². The van der Waals surface area contributed by atoms with Gasteiger partial charge in [-0.3, -0.25) is 4.98 Å². The van der Waals surface area contributed by atoms with Crippen LogP contribution >= 0.6 is 11.6 Å². The van der Waals surface area contributed by atoms with E-state index in [-0.39, 0.29) is 6.04 Å². The van der Waals surface area contributed by atoms with Crippen LogP contribution in [0, 0.1) is 0 Å². The zero-order chi connectivity index (χ0) is 21.4. The van der Waals surface area contributed by atoms with Crippen molar-refractivity contribution >= 4 is 45.0 Å². The monoisotopic (exact) mass is 433 g/mol. The Bertz CT molecular complexity index is 1230. The van der Waals surface area contributed by atoms with Crippen molar-refractivity contribution in [3.63, 3.8) is 0 Å². The van der Waals surface area contributed by atoms with E-state index in [1.165, 1.54) is 0 Å². The summed E-state index contributed by atoms with van der Waals surface area (Å²) in [6, 6.07) is 11.9. The maximum Gasteiger partial charge on any atom is 0.156 e. The SMILES string of the molecule is C[C@H](Nc1ncnc2cccnc12)c1cc2cccc(Cl)c2c(N2CCN(C)CC2)n1. The van der Waals surface area contributed by atoms with Crippen LogP contribution in [-0.4, -0.2) is 58.1 Å². The summed E-state index contributed by atoms with van der Waals surface area (Å²) in [4.78, 5) is 22.9. The molecule has 1 saturated heterocycles. The Morgan fingerprint density at radius 3 is 2.71 bits per heavy atom. The number of nitrogens with zero attached hydrogens (tertiary/aromatic N) is 6. The third-order valence-electron chi connectivity index (χ3n) is 5.80. The molecule has 158 valence electrons. The topological polar surface area (TPSA) is 70.1 Å². The third kappa shape index (κ3) is 3.86. The minimum Gasteiger partial charge on any atom is -0.360 e. The summed E-state index contributed by atoms with van der Waals surface area (Å²) in [5.41, 5.74) is 2.50. The number of nitrogens with one attached hydrogen (secondary N) is 1. The average Bonchev–Trinajstić information content (AvgIpc) is 2.79. The van der Waals surface area contributed by atoms with Crippen LogP contribution in [0.3, 0.4) is 0 Å². The first kappa shape index (κ1) is 19.9. The second-order valence-corrected chi connectivity index (χ2v) is 8.37. The van der Waals surface area contributed by atoms with E-state index in [4.69, 9.17) is 16.6 Å². The first-order chi connectivity index (χ1) is 15.1. The van der Waals surface area contributed by atoms with Gasteiger partial charge >= 0.3 is 0 Å². The van der Waals surface area contributed by atoms with Gasteiger partial charge in [0.2, 0.25) is 0 Å². The van der Waals surface area contributed by atoms with E-state index in [0.717, 1.165) is 64.5 Å². The quantitative estimate of drug-likeness (QED) is 0.518. The van der Waals surface area contributed by atoms with Crippen LogP contribution in [-0.2, 0) is 0 Å². The van der Waals surface area contributed by atoms with Gasteiger partial charge in [-0.2, -0.15) is 0 Å². The molecule has 0 unspecified atom stereocenters. The molecule has 1 atom stereocenters. The second-order valence-electron chi connectivity index (χ2n) is 7.96. The van der Waals surface area contributed by atoms with E-state index in [9.17, 15) is 0 Å². The van der Waals surface area contributed by atoms with E-state index in [0.29, 0.717) is 5.82 Å². The van der Waals surface area contributed by atoms with Crippen LogP contribution in [0.5, 0.6) is 0 Å². The van der Waals surface area contributed by atoms with Crippen molar-refractivity contribution in [2.75, 3.05) is 43.4 Å². The van der Waals surface area contributed by atoms with Crippen molar-refractivity contribution in [3.8, 4) is 0 Å². The highest BCUT2D eigenvalue weighted by Gasteiger charge is 2.21. The van der Waals surface area contributed by atoms with Crippen molar-refractivity contribution in [2.24, 2.45) is 0 Å². The first-order valence-corrected chi connectivity index (χ1v) is 10.8. The van der Waals surface area contributed by atoms with E-state index in [2.05, 4.69) is 56.2 Å². The second kappa shape index (κ2) is 8.24. The maximum absolute atomic E-state index is 6.62. The van der Waals surface area contributed by atoms with Gasteiger partial charge in [0.1, 0.15) is 17.7 Å². The molecular formula is C23H24ClN7. The van der Waals surface area contributed by atoms with Crippen LogP contribution in [0.2, 0.25) is 5.02 Å². The van der Waals surface area contributed by atoms with E-state index < -0.39 is 0 Å². The lowest BCUT2D eigenvalue weighted by Crippen LogP contribution is -2.45. The summed E-state index contributed by atoms with van der Waals surface area (Å²) in [5.74, 6) is 1.65. The Kier molecular flexibility index (Phi) is 5.29. The number of benzene rings is 1. The fraction of sp³-hybridized carbons (Fsp3) is 0.304. The molecule has 1 aromatic carbocycles. The van der Waals surface area contributed by atoms with Gasteiger partial charge < -0.3 is 15.1 Å². The lowest BCUT2D eigenvalue weighted by molar-refractivity contribution is 0.312. The summed E-state index contributed by atoms with van der Waals surface area (Å²) < 4.78 is 0. The molecular weight excluding hydrogens is 410 g/mol. The molecule has 4 aromatic rings. The Balaban J connectivity index is 1.55. The summed E-state index contributed by atoms with van der Waals surface area (Å²) in [7, 11) is 2.15. The Hall–Kier alpha value is -3.03. The Morgan fingerprint density at radius 1 is 1.03 bits per heavy atom. The van der Waals surface area contributed by atoms with Crippen molar-refractivity contribution in [2.45, 2.75) is 13.0 Å². The minimum absolute atomic E-state index is 0.0744. The number of hydrogen-bond acceptors (Lipinski definition) is 7. The predicted molar refractivity (Wildman–Crippen MR) is 126 cm³/mol. The molecule has 7 nitrogen and oxygen atoms in total. The first-order valence-electron chi connectivity index (χ1n) is 10.4. The zero-order valence-corrected chi connectivity index (χ0v) is 18.3. The van der Waals surface area contributed by atoms with Gasteiger partial charge in [0, 0.05) is 37.8 Å². The number of piperazine rings is 1. The van der Waals surface area contributed by atoms with Crippen molar-refractivity contribution in [3.05, 3.63) is 59.6 Å². The lowest BCUT2D eigenvalue weighted by Gasteiger charge is -2.34. The van der Waals surface area contributed by atoms with E-state index >= 15 is 0 Å². The Labute approximate surface area is 186 Å². The van der Waals surface area contributed by atoms with Crippen LogP contribution in [0.25, 0.3) is 21.8 Å². The number of rotatable bonds is 4. The molecule has 0 spiro atoms. The molecule has 31 heavy (non-hydrogen) atoms. The standard InChI is InChI=1S/C23H24ClN7/c1-15(28-22-21-18(26-14-27-22)7-4-8-25-21)19-13-16-5-3-6-17(24)20(16)23(29-19)31-11-9-30(2)10-12-31/h3-8,13-15H,9-12H2,1-2H3,(H,26,27,28)/t15-/m0/s1. The highest BCUT2D eigenvalue weighted by atomic mass is 35.5. The summed E-state index contributed by atoms with van der Waals surface area (Å²) >= 11 is 6.62. The fourth-order valence-electron chi connectivity index (χ4n) is 4.01. The number of aromatic nitrogens is 4. The molecule has 1 N–H and O–H groups in total. The van der Waals surface area contributed by atoms with Crippen LogP contribution in [0.15, 0.2) is 48.9 Å². The molecule has 1 fully saturated rings. The summed E-state index contributed by atoms with van der Waals surface area (Å²) in [5, 5.41) is 6.32.